The molecule has 0 saturated carbocycles. The van der Waals surface area contributed by atoms with E-state index in [4.69, 9.17) is 9.72 Å². The SMILES string of the molecule is CCCC[C](CCCC)(CCCC)[Sn][c]1cnc2ncn(COCC[Si](C)(C)C)c2c1. The molecule has 2 aromatic heterocycles. The van der Waals surface area contributed by atoms with Crippen LogP contribution in [-0.4, -0.2) is 50.4 Å². The quantitative estimate of drug-likeness (QED) is 0.171. The van der Waals surface area contributed by atoms with Crippen LogP contribution >= 0.6 is 0 Å². The Labute approximate surface area is 202 Å². The van der Waals surface area contributed by atoms with E-state index in [0.717, 1.165) is 17.8 Å². The van der Waals surface area contributed by atoms with Crippen molar-refractivity contribution in [3.8, 4) is 0 Å². The second kappa shape index (κ2) is 13.3. The van der Waals surface area contributed by atoms with Crippen molar-refractivity contribution in [1.82, 2.24) is 14.5 Å². The second-order valence-corrected chi connectivity index (χ2v) is 21.4. The summed E-state index contributed by atoms with van der Waals surface area (Å²) in [4.78, 5) is 9.29. The minimum absolute atomic E-state index is 0.583. The van der Waals surface area contributed by atoms with Crippen LogP contribution in [0.1, 0.15) is 78.6 Å². The van der Waals surface area contributed by atoms with Gasteiger partial charge in [-0.1, -0.05) is 0 Å². The van der Waals surface area contributed by atoms with Crippen LogP contribution in [0.15, 0.2) is 18.6 Å². The van der Waals surface area contributed by atoms with Crippen molar-refractivity contribution < 1.29 is 4.74 Å². The molecule has 6 heteroatoms. The van der Waals surface area contributed by atoms with Crippen LogP contribution in [0.3, 0.4) is 0 Å². The first-order valence-corrected chi connectivity index (χ1v) is 19.1. The van der Waals surface area contributed by atoms with Crippen LogP contribution in [-0.2, 0) is 11.5 Å². The molecule has 0 aliphatic carbocycles. The average molecular weight is 550 g/mol. The molecule has 174 valence electrons. The molecule has 0 unspecified atom stereocenters. The molecule has 0 N–H and O–H groups in total. The summed E-state index contributed by atoms with van der Waals surface area (Å²) in [5, 5.41) is 0. The Hall–Kier alpha value is -0.404. The summed E-state index contributed by atoms with van der Waals surface area (Å²) >= 11 is -0.780. The van der Waals surface area contributed by atoms with E-state index in [-0.39, 0.29) is 0 Å². The zero-order chi connectivity index (χ0) is 22.7. The first-order chi connectivity index (χ1) is 14.8. The van der Waals surface area contributed by atoms with Gasteiger partial charge >= 0.3 is 203 Å². The van der Waals surface area contributed by atoms with Crippen LogP contribution in [0.5, 0.6) is 0 Å². The minimum atomic E-state index is -1.06. The summed E-state index contributed by atoms with van der Waals surface area (Å²) in [5.74, 6) is 0. The molecule has 0 saturated heterocycles. The Bertz CT molecular complexity index is 750. The Morgan fingerprint density at radius 3 is 2.13 bits per heavy atom. The van der Waals surface area contributed by atoms with Crippen molar-refractivity contribution in [2.45, 2.75) is 114 Å². The fourth-order valence-corrected chi connectivity index (χ4v) is 10.1. The van der Waals surface area contributed by atoms with Crippen LogP contribution < -0.4 is 3.58 Å². The van der Waals surface area contributed by atoms with Crippen molar-refractivity contribution in [1.29, 1.82) is 0 Å². The van der Waals surface area contributed by atoms with Gasteiger partial charge in [0, 0.05) is 0 Å². The van der Waals surface area contributed by atoms with Crippen LogP contribution in [0, 0.1) is 0 Å². The predicted octanol–water partition coefficient (Wildman–Crippen LogP) is 6.80. The number of imidazole rings is 1. The molecule has 31 heavy (non-hydrogen) atoms. The molecule has 0 fully saturated rings. The Morgan fingerprint density at radius 1 is 0.968 bits per heavy atom. The Morgan fingerprint density at radius 2 is 1.58 bits per heavy atom. The van der Waals surface area contributed by atoms with Gasteiger partial charge < -0.3 is 0 Å². The number of fused-ring (bicyclic) bond motifs is 1. The topological polar surface area (TPSA) is 39.9 Å². The van der Waals surface area contributed by atoms with E-state index in [9.17, 15) is 0 Å². The van der Waals surface area contributed by atoms with Crippen molar-refractivity contribution in [3.05, 3.63) is 18.6 Å². The van der Waals surface area contributed by atoms with Crippen LogP contribution in [0.4, 0.5) is 0 Å². The number of aromatic nitrogens is 3. The molecule has 2 heterocycles. The molecule has 0 aliphatic rings. The maximum atomic E-state index is 6.01. The number of nitrogens with zero attached hydrogens (tertiary/aromatic N) is 3. The first-order valence-electron chi connectivity index (χ1n) is 12.5. The monoisotopic (exact) mass is 551 g/mol. The van der Waals surface area contributed by atoms with E-state index in [1.165, 1.54) is 67.4 Å². The predicted molar refractivity (Wildman–Crippen MR) is 138 cm³/mol. The molecule has 0 bridgehead atoms. The van der Waals surface area contributed by atoms with E-state index < -0.39 is 29.2 Å². The van der Waals surface area contributed by atoms with Crippen LogP contribution in [0.2, 0.25) is 29.1 Å². The molecular formula is C25H45N3OSiSn. The standard InChI is InChI=1S/C13H27.C12H18N3OSi.Sn/c1-4-7-10-13(11-8-5-2)12-9-6-3;1-17(2,3)8-7-16-10-15-9-14-12-11(15)5-4-6-13-12;/h4-12H2,1-3H3;5-6,9H,7-8,10H2,1-3H3;. The van der Waals surface area contributed by atoms with Crippen molar-refractivity contribution >= 4 is 44.0 Å². The Balaban J connectivity index is 2.18. The molecule has 2 aromatic rings. The van der Waals surface area contributed by atoms with Gasteiger partial charge in [-0.25, -0.2) is 0 Å². The molecule has 0 aliphatic heterocycles. The number of rotatable bonds is 16. The molecular weight excluding hydrogens is 505 g/mol. The maximum absolute atomic E-state index is 6.01. The number of unbranched alkanes of at least 4 members (excludes halogenated alkanes) is 3. The molecule has 0 aromatic carbocycles. The second-order valence-electron chi connectivity index (χ2n) is 10.3. The van der Waals surface area contributed by atoms with Gasteiger partial charge in [0.05, 0.1) is 0 Å². The van der Waals surface area contributed by atoms with Gasteiger partial charge in [0.25, 0.3) is 0 Å². The molecule has 2 rings (SSSR count). The molecule has 0 atom stereocenters. The van der Waals surface area contributed by atoms with Gasteiger partial charge in [0.1, 0.15) is 0 Å². The number of ether oxygens (including phenoxy) is 1. The fourth-order valence-electron chi connectivity index (χ4n) is 4.07. The summed E-state index contributed by atoms with van der Waals surface area (Å²) < 4.78 is 10.3. The number of hydrogen-bond acceptors (Lipinski definition) is 3. The van der Waals surface area contributed by atoms with Crippen molar-refractivity contribution in [3.63, 3.8) is 0 Å². The molecule has 2 radical (unpaired) electrons. The summed E-state index contributed by atoms with van der Waals surface area (Å²) in [7, 11) is -1.06. The van der Waals surface area contributed by atoms with Crippen molar-refractivity contribution in [2.75, 3.05) is 6.61 Å². The van der Waals surface area contributed by atoms with E-state index in [0.29, 0.717) is 10.2 Å². The number of pyridine rings is 1. The van der Waals surface area contributed by atoms with E-state index in [2.05, 4.69) is 62.2 Å². The third kappa shape index (κ3) is 9.16. The normalized spacial score (nSPS) is 12.7. The van der Waals surface area contributed by atoms with E-state index >= 15 is 0 Å². The zero-order valence-corrected chi connectivity index (χ0v) is 24.8. The average Bonchev–Trinajstić information content (AvgIpc) is 3.13. The van der Waals surface area contributed by atoms with Gasteiger partial charge in [-0.3, -0.25) is 0 Å². The van der Waals surface area contributed by atoms with Gasteiger partial charge in [-0.05, 0) is 0 Å². The molecule has 4 nitrogen and oxygen atoms in total. The summed E-state index contributed by atoms with van der Waals surface area (Å²) in [6.07, 6.45) is 16.3. The Kier molecular flexibility index (Phi) is 11.6. The van der Waals surface area contributed by atoms with E-state index in [1.54, 1.807) is 0 Å². The van der Waals surface area contributed by atoms with Gasteiger partial charge in [0.2, 0.25) is 0 Å². The van der Waals surface area contributed by atoms with Gasteiger partial charge in [-0.15, -0.1) is 0 Å². The molecule has 0 spiro atoms. The van der Waals surface area contributed by atoms with Gasteiger partial charge in [-0.2, -0.15) is 0 Å². The summed E-state index contributed by atoms with van der Waals surface area (Å²) in [6.45, 7) is 15.6. The fraction of sp³-hybridized carbons (Fsp3) is 0.760. The zero-order valence-electron chi connectivity index (χ0n) is 21.0. The van der Waals surface area contributed by atoms with Crippen LogP contribution in [0.25, 0.3) is 11.2 Å². The third-order valence-corrected chi connectivity index (χ3v) is 13.1. The summed E-state index contributed by atoms with van der Waals surface area (Å²) in [5.41, 5.74) is 2.01. The summed E-state index contributed by atoms with van der Waals surface area (Å²) in [6, 6.07) is 3.61. The number of hydrogen-bond donors (Lipinski definition) is 0. The van der Waals surface area contributed by atoms with Gasteiger partial charge in [0.15, 0.2) is 0 Å². The molecule has 0 amide bonds. The van der Waals surface area contributed by atoms with Crippen molar-refractivity contribution in [2.24, 2.45) is 0 Å². The first kappa shape index (κ1) is 26.8. The van der Waals surface area contributed by atoms with E-state index in [1.807, 2.05) is 6.33 Å². The third-order valence-electron chi connectivity index (χ3n) is 6.14.